The summed E-state index contributed by atoms with van der Waals surface area (Å²) in [5, 5.41) is 0. The second-order valence-electron chi connectivity index (χ2n) is 5.24. The predicted molar refractivity (Wildman–Crippen MR) is 73.4 cm³/mol. The monoisotopic (exact) mass is 246 g/mol. The van der Waals surface area contributed by atoms with Gasteiger partial charge in [-0.1, -0.05) is 6.92 Å². The molecule has 1 fully saturated rings. The van der Waals surface area contributed by atoms with Gasteiger partial charge in [0.25, 0.3) is 0 Å². The molecule has 0 amide bonds. The van der Waals surface area contributed by atoms with Gasteiger partial charge in [0.2, 0.25) is 0 Å². The number of aryl methyl sites for hydroxylation is 2. The van der Waals surface area contributed by atoms with Crippen LogP contribution >= 0.6 is 0 Å². The van der Waals surface area contributed by atoms with E-state index in [0.29, 0.717) is 12.5 Å². The zero-order valence-electron chi connectivity index (χ0n) is 11.6. The maximum absolute atomic E-state index is 11.7. The van der Waals surface area contributed by atoms with E-state index in [0.717, 1.165) is 35.3 Å². The predicted octanol–water partition coefficient (Wildman–Crippen LogP) is 4.22. The van der Waals surface area contributed by atoms with Crippen molar-refractivity contribution in [1.29, 1.82) is 0 Å². The minimum Gasteiger partial charge on any atom is -0.490 e. The summed E-state index contributed by atoms with van der Waals surface area (Å²) >= 11 is 0. The van der Waals surface area contributed by atoms with E-state index >= 15 is 0 Å². The maximum atomic E-state index is 11.7. The highest BCUT2D eigenvalue weighted by molar-refractivity contribution is 5.96. The van der Waals surface area contributed by atoms with Crippen LogP contribution in [0.4, 0.5) is 0 Å². The molecular formula is C16H22O2. The standard InChI is InChI=1S/C16H22O2/c1-4-15(17)13-9-11(2)16(12(3)10-13)18-14-7-5-6-8-14/h9-10,14H,4-8H2,1-3H3. The molecule has 0 saturated heterocycles. The highest BCUT2D eigenvalue weighted by atomic mass is 16.5. The Morgan fingerprint density at radius 3 is 2.28 bits per heavy atom. The van der Waals surface area contributed by atoms with Gasteiger partial charge in [-0.2, -0.15) is 0 Å². The maximum Gasteiger partial charge on any atom is 0.162 e. The van der Waals surface area contributed by atoms with Crippen molar-refractivity contribution in [3.63, 3.8) is 0 Å². The molecule has 0 radical (unpaired) electrons. The number of carbonyl (C=O) groups excluding carboxylic acids is 1. The molecule has 0 unspecified atom stereocenters. The Hall–Kier alpha value is -1.31. The first-order valence-electron chi connectivity index (χ1n) is 6.93. The van der Waals surface area contributed by atoms with E-state index in [9.17, 15) is 4.79 Å². The van der Waals surface area contributed by atoms with Gasteiger partial charge in [-0.25, -0.2) is 0 Å². The number of benzene rings is 1. The van der Waals surface area contributed by atoms with Gasteiger partial charge in [0.05, 0.1) is 6.10 Å². The molecule has 1 aliphatic rings. The molecule has 0 spiro atoms. The third-order valence-corrected chi connectivity index (χ3v) is 3.69. The van der Waals surface area contributed by atoms with Gasteiger partial charge in [-0.05, 0) is 62.8 Å². The molecule has 2 heteroatoms. The Bertz CT molecular complexity index is 419. The third-order valence-electron chi connectivity index (χ3n) is 3.69. The Labute approximate surface area is 109 Å². The lowest BCUT2D eigenvalue weighted by atomic mass is 10.0. The Kier molecular flexibility index (Phi) is 4.05. The highest BCUT2D eigenvalue weighted by Gasteiger charge is 2.19. The molecule has 1 aromatic carbocycles. The van der Waals surface area contributed by atoms with Crippen LogP contribution in [0.1, 0.15) is 60.5 Å². The minimum absolute atomic E-state index is 0.202. The summed E-state index contributed by atoms with van der Waals surface area (Å²) in [5.41, 5.74) is 2.98. The number of hydrogen-bond acceptors (Lipinski definition) is 2. The van der Waals surface area contributed by atoms with Crippen molar-refractivity contribution in [2.75, 3.05) is 0 Å². The smallest absolute Gasteiger partial charge is 0.162 e. The second kappa shape index (κ2) is 5.55. The van der Waals surface area contributed by atoms with Crippen molar-refractivity contribution < 1.29 is 9.53 Å². The number of hydrogen-bond donors (Lipinski definition) is 0. The molecule has 0 aliphatic heterocycles. The summed E-state index contributed by atoms with van der Waals surface area (Å²) in [4.78, 5) is 11.7. The first kappa shape index (κ1) is 13.1. The van der Waals surface area contributed by atoms with Crippen LogP contribution in [0, 0.1) is 13.8 Å². The molecule has 98 valence electrons. The average Bonchev–Trinajstić information content (AvgIpc) is 2.85. The summed E-state index contributed by atoms with van der Waals surface area (Å²) < 4.78 is 6.09. The number of Topliss-reactive ketones (excluding diaryl/α,β-unsaturated/α-hetero) is 1. The van der Waals surface area contributed by atoms with Crippen LogP contribution in [0.5, 0.6) is 5.75 Å². The highest BCUT2D eigenvalue weighted by Crippen LogP contribution is 2.30. The molecule has 1 saturated carbocycles. The van der Waals surface area contributed by atoms with Gasteiger partial charge >= 0.3 is 0 Å². The van der Waals surface area contributed by atoms with E-state index in [4.69, 9.17) is 4.74 Å². The van der Waals surface area contributed by atoms with Crippen molar-refractivity contribution in [1.82, 2.24) is 0 Å². The summed E-state index contributed by atoms with van der Waals surface area (Å²) in [6, 6.07) is 3.92. The van der Waals surface area contributed by atoms with E-state index < -0.39 is 0 Å². The fourth-order valence-corrected chi connectivity index (χ4v) is 2.67. The Balaban J connectivity index is 2.23. The molecule has 0 aromatic heterocycles. The normalized spacial score (nSPS) is 15.9. The zero-order chi connectivity index (χ0) is 13.1. The molecule has 2 rings (SSSR count). The van der Waals surface area contributed by atoms with E-state index in [1.807, 2.05) is 32.9 Å². The van der Waals surface area contributed by atoms with E-state index in [1.165, 1.54) is 12.8 Å². The zero-order valence-corrected chi connectivity index (χ0v) is 11.6. The summed E-state index contributed by atoms with van der Waals surface area (Å²) in [7, 11) is 0. The molecule has 2 nitrogen and oxygen atoms in total. The first-order chi connectivity index (χ1) is 8.61. The van der Waals surface area contributed by atoms with Gasteiger partial charge in [-0.3, -0.25) is 4.79 Å². The molecule has 1 aromatic rings. The Morgan fingerprint density at radius 1 is 1.22 bits per heavy atom. The molecular weight excluding hydrogens is 224 g/mol. The Morgan fingerprint density at radius 2 is 1.78 bits per heavy atom. The van der Waals surface area contributed by atoms with E-state index in [1.54, 1.807) is 0 Å². The van der Waals surface area contributed by atoms with Crippen molar-refractivity contribution in [2.45, 2.75) is 59.0 Å². The largest absolute Gasteiger partial charge is 0.490 e. The number of rotatable bonds is 4. The average molecular weight is 246 g/mol. The van der Waals surface area contributed by atoms with Crippen molar-refractivity contribution in [3.8, 4) is 5.75 Å². The molecule has 18 heavy (non-hydrogen) atoms. The lowest BCUT2D eigenvalue weighted by Gasteiger charge is -2.18. The number of ketones is 1. The summed E-state index contributed by atoms with van der Waals surface area (Å²) in [5.74, 6) is 1.18. The topological polar surface area (TPSA) is 26.3 Å². The number of carbonyl (C=O) groups is 1. The lowest BCUT2D eigenvalue weighted by molar-refractivity contribution is 0.0988. The third kappa shape index (κ3) is 2.74. The molecule has 0 bridgehead atoms. The van der Waals surface area contributed by atoms with Crippen LogP contribution < -0.4 is 4.74 Å². The van der Waals surface area contributed by atoms with Crippen molar-refractivity contribution >= 4 is 5.78 Å². The van der Waals surface area contributed by atoms with Crippen LogP contribution in [0.15, 0.2) is 12.1 Å². The van der Waals surface area contributed by atoms with Crippen LogP contribution in [-0.4, -0.2) is 11.9 Å². The van der Waals surface area contributed by atoms with Crippen LogP contribution in [0.2, 0.25) is 0 Å². The molecule has 1 aliphatic carbocycles. The quantitative estimate of drug-likeness (QED) is 0.744. The summed E-state index contributed by atoms with van der Waals surface area (Å²) in [6.45, 7) is 5.96. The molecule has 0 atom stereocenters. The van der Waals surface area contributed by atoms with Crippen LogP contribution in [0.3, 0.4) is 0 Å². The SMILES string of the molecule is CCC(=O)c1cc(C)c(OC2CCCC2)c(C)c1. The van der Waals surface area contributed by atoms with Crippen LogP contribution in [-0.2, 0) is 0 Å². The van der Waals surface area contributed by atoms with E-state index in [2.05, 4.69) is 0 Å². The van der Waals surface area contributed by atoms with Crippen LogP contribution in [0.25, 0.3) is 0 Å². The summed E-state index contributed by atoms with van der Waals surface area (Å²) in [6.07, 6.45) is 5.80. The van der Waals surface area contributed by atoms with Gasteiger partial charge < -0.3 is 4.74 Å². The molecule has 0 N–H and O–H groups in total. The van der Waals surface area contributed by atoms with Gasteiger partial charge in [0.1, 0.15) is 5.75 Å². The van der Waals surface area contributed by atoms with Crippen molar-refractivity contribution in [2.24, 2.45) is 0 Å². The fraction of sp³-hybridized carbons (Fsp3) is 0.562. The first-order valence-corrected chi connectivity index (χ1v) is 6.93. The fourth-order valence-electron chi connectivity index (χ4n) is 2.67. The van der Waals surface area contributed by atoms with Gasteiger partial charge in [-0.15, -0.1) is 0 Å². The lowest BCUT2D eigenvalue weighted by Crippen LogP contribution is -2.13. The number of ether oxygens (including phenoxy) is 1. The van der Waals surface area contributed by atoms with Gasteiger partial charge in [0.15, 0.2) is 5.78 Å². The van der Waals surface area contributed by atoms with Crippen molar-refractivity contribution in [3.05, 3.63) is 28.8 Å². The second-order valence-corrected chi connectivity index (χ2v) is 5.24. The minimum atomic E-state index is 0.202. The van der Waals surface area contributed by atoms with E-state index in [-0.39, 0.29) is 5.78 Å². The van der Waals surface area contributed by atoms with Gasteiger partial charge in [0, 0.05) is 12.0 Å². The molecule has 0 heterocycles.